The highest BCUT2D eigenvalue weighted by Crippen LogP contribution is 2.16. The molecule has 0 aliphatic heterocycles. The van der Waals surface area contributed by atoms with Crippen molar-refractivity contribution in [1.82, 2.24) is 4.98 Å². The van der Waals surface area contributed by atoms with E-state index in [-0.39, 0.29) is 5.01 Å². The van der Waals surface area contributed by atoms with Gasteiger partial charge in [0.2, 0.25) is 0 Å². The van der Waals surface area contributed by atoms with Crippen LogP contribution in [0.4, 0.5) is 0 Å². The minimum atomic E-state index is 0.108. The van der Waals surface area contributed by atoms with Gasteiger partial charge >= 0.3 is 0 Å². The first-order valence-electron chi connectivity index (χ1n) is 4.53. The predicted molar refractivity (Wildman–Crippen MR) is 57.1 cm³/mol. The Morgan fingerprint density at radius 1 is 1.62 bits per heavy atom. The zero-order valence-corrected chi connectivity index (χ0v) is 9.33. The molecule has 1 rings (SSSR count). The first kappa shape index (κ1) is 10.5. The third-order valence-electron chi connectivity index (χ3n) is 1.68. The van der Waals surface area contributed by atoms with Crippen LogP contribution in [-0.4, -0.2) is 10.00 Å². The highest BCUT2D eigenvalue weighted by Gasteiger charge is 2.03. The van der Waals surface area contributed by atoms with Gasteiger partial charge in [0.05, 0.1) is 6.20 Å². The van der Waals surface area contributed by atoms with Gasteiger partial charge in [0, 0.05) is 6.20 Å². The quantitative estimate of drug-likeness (QED) is 0.741. The molecule has 1 aromatic rings. The molecule has 72 valence electrons. The van der Waals surface area contributed by atoms with Crippen molar-refractivity contribution in [2.75, 3.05) is 0 Å². The van der Waals surface area contributed by atoms with Crippen LogP contribution in [0.2, 0.25) is 0 Å². The van der Waals surface area contributed by atoms with Gasteiger partial charge in [-0.25, -0.2) is 0 Å². The fourth-order valence-corrected chi connectivity index (χ4v) is 1.53. The molecule has 2 nitrogen and oxygen atoms in total. The summed E-state index contributed by atoms with van der Waals surface area (Å²) >= 11 is 3.47. The first-order chi connectivity index (χ1) is 6.33. The second kappa shape index (κ2) is 5.97. The third kappa shape index (κ3) is 4.27. The van der Waals surface area contributed by atoms with Crippen LogP contribution in [0.25, 0.3) is 0 Å². The van der Waals surface area contributed by atoms with Crippen molar-refractivity contribution in [3.8, 4) is 5.75 Å². The molecule has 1 heterocycles. The summed E-state index contributed by atoms with van der Waals surface area (Å²) in [5, 5.41) is 0.108. The van der Waals surface area contributed by atoms with E-state index in [0.717, 1.165) is 12.2 Å². The summed E-state index contributed by atoms with van der Waals surface area (Å²) in [4.78, 5) is 3.97. The molecule has 0 aliphatic carbocycles. The molecule has 0 bridgehead atoms. The van der Waals surface area contributed by atoms with Gasteiger partial charge in [-0.3, -0.25) is 4.98 Å². The smallest absolute Gasteiger partial charge is 0.153 e. The van der Waals surface area contributed by atoms with Gasteiger partial charge in [-0.05, 0) is 40.9 Å². The maximum Gasteiger partial charge on any atom is 0.153 e. The minimum absolute atomic E-state index is 0.108. The summed E-state index contributed by atoms with van der Waals surface area (Å²) in [6, 6.07) is 3.78. The van der Waals surface area contributed by atoms with Gasteiger partial charge < -0.3 is 4.74 Å². The second-order valence-electron chi connectivity index (χ2n) is 2.86. The Morgan fingerprint density at radius 3 is 3.08 bits per heavy atom. The Balaban J connectivity index is 2.32. The minimum Gasteiger partial charge on any atom is -0.478 e. The van der Waals surface area contributed by atoms with Crippen molar-refractivity contribution in [3.63, 3.8) is 0 Å². The summed E-state index contributed by atoms with van der Waals surface area (Å²) in [5.74, 6) is 0.820. The lowest BCUT2D eigenvalue weighted by Gasteiger charge is -2.11. The fourth-order valence-electron chi connectivity index (χ4n) is 0.988. The summed E-state index contributed by atoms with van der Waals surface area (Å²) in [5.41, 5.74) is 0. The zero-order valence-electron chi connectivity index (χ0n) is 7.74. The Bertz CT molecular complexity index is 228. The van der Waals surface area contributed by atoms with E-state index in [4.69, 9.17) is 4.74 Å². The van der Waals surface area contributed by atoms with Crippen LogP contribution in [-0.2, 0) is 0 Å². The highest BCUT2D eigenvalue weighted by atomic mass is 79.9. The normalized spacial score (nSPS) is 12.5. The van der Waals surface area contributed by atoms with Crippen LogP contribution in [0.1, 0.15) is 26.2 Å². The second-order valence-corrected chi connectivity index (χ2v) is 3.88. The van der Waals surface area contributed by atoms with E-state index < -0.39 is 0 Å². The van der Waals surface area contributed by atoms with Crippen molar-refractivity contribution in [2.45, 2.75) is 31.2 Å². The molecule has 0 aromatic carbocycles. The number of pyridine rings is 1. The molecule has 0 amide bonds. The van der Waals surface area contributed by atoms with E-state index in [0.29, 0.717) is 0 Å². The highest BCUT2D eigenvalue weighted by molar-refractivity contribution is 9.09. The largest absolute Gasteiger partial charge is 0.478 e. The summed E-state index contributed by atoms with van der Waals surface area (Å²) in [6.07, 6.45) is 6.86. The van der Waals surface area contributed by atoms with Crippen LogP contribution >= 0.6 is 15.9 Å². The summed E-state index contributed by atoms with van der Waals surface area (Å²) in [7, 11) is 0. The molecular weight excluding hydrogens is 230 g/mol. The number of hydrogen-bond acceptors (Lipinski definition) is 2. The molecule has 0 radical (unpaired) electrons. The molecule has 1 unspecified atom stereocenters. The van der Waals surface area contributed by atoms with Crippen LogP contribution in [0.5, 0.6) is 5.75 Å². The van der Waals surface area contributed by atoms with Crippen molar-refractivity contribution < 1.29 is 4.74 Å². The van der Waals surface area contributed by atoms with E-state index in [2.05, 4.69) is 27.8 Å². The number of aromatic nitrogens is 1. The lowest BCUT2D eigenvalue weighted by molar-refractivity contribution is 0.278. The maximum atomic E-state index is 5.57. The average Bonchev–Trinajstić information content (AvgIpc) is 2.16. The summed E-state index contributed by atoms with van der Waals surface area (Å²) in [6.45, 7) is 2.17. The van der Waals surface area contributed by atoms with Crippen molar-refractivity contribution in [1.29, 1.82) is 0 Å². The fraction of sp³-hybridized carbons (Fsp3) is 0.500. The average molecular weight is 244 g/mol. The molecule has 0 N–H and O–H groups in total. The van der Waals surface area contributed by atoms with Gasteiger partial charge in [-0.1, -0.05) is 13.3 Å². The molecule has 1 aromatic heterocycles. The molecule has 0 spiro atoms. The van der Waals surface area contributed by atoms with E-state index in [9.17, 15) is 0 Å². The van der Waals surface area contributed by atoms with Gasteiger partial charge in [0.15, 0.2) is 5.01 Å². The van der Waals surface area contributed by atoms with Crippen molar-refractivity contribution >= 4 is 15.9 Å². The van der Waals surface area contributed by atoms with Gasteiger partial charge in [-0.15, -0.1) is 0 Å². The standard InChI is InChI=1S/C10H14BrNO/c1-2-3-6-10(11)13-9-5-4-7-12-8-9/h4-5,7-8,10H,2-3,6H2,1H3. The van der Waals surface area contributed by atoms with E-state index in [1.54, 1.807) is 12.4 Å². The van der Waals surface area contributed by atoms with E-state index in [1.807, 2.05) is 12.1 Å². The van der Waals surface area contributed by atoms with Gasteiger partial charge in [0.1, 0.15) is 5.75 Å². The number of ether oxygens (including phenoxy) is 1. The Hall–Kier alpha value is -0.570. The van der Waals surface area contributed by atoms with Crippen molar-refractivity contribution in [3.05, 3.63) is 24.5 Å². The first-order valence-corrected chi connectivity index (χ1v) is 5.45. The molecule has 13 heavy (non-hydrogen) atoms. The number of alkyl halides is 1. The van der Waals surface area contributed by atoms with Crippen LogP contribution in [0.15, 0.2) is 24.5 Å². The van der Waals surface area contributed by atoms with Crippen LogP contribution in [0.3, 0.4) is 0 Å². The van der Waals surface area contributed by atoms with Gasteiger partial charge in [-0.2, -0.15) is 0 Å². The SMILES string of the molecule is CCCCC(Br)Oc1cccnc1. The topological polar surface area (TPSA) is 22.1 Å². The Morgan fingerprint density at radius 2 is 2.46 bits per heavy atom. The predicted octanol–water partition coefficient (Wildman–Crippen LogP) is 3.37. The van der Waals surface area contributed by atoms with Crippen molar-refractivity contribution in [2.24, 2.45) is 0 Å². The monoisotopic (exact) mass is 243 g/mol. The van der Waals surface area contributed by atoms with Crippen LogP contribution in [0, 0.1) is 0 Å². The number of hydrogen-bond donors (Lipinski definition) is 0. The van der Waals surface area contributed by atoms with E-state index in [1.165, 1.54) is 12.8 Å². The number of halogens is 1. The molecule has 0 saturated carbocycles. The maximum absolute atomic E-state index is 5.57. The molecule has 1 atom stereocenters. The van der Waals surface area contributed by atoms with Gasteiger partial charge in [0.25, 0.3) is 0 Å². The Kier molecular flexibility index (Phi) is 4.83. The molecule has 3 heteroatoms. The lowest BCUT2D eigenvalue weighted by Crippen LogP contribution is -2.07. The molecule has 0 saturated heterocycles. The molecule has 0 aliphatic rings. The number of unbranched alkanes of at least 4 members (excludes halogenated alkanes) is 1. The zero-order chi connectivity index (χ0) is 9.52. The Labute approximate surface area is 87.5 Å². The molecular formula is C10H14BrNO. The number of rotatable bonds is 5. The van der Waals surface area contributed by atoms with Crippen LogP contribution < -0.4 is 4.74 Å². The van der Waals surface area contributed by atoms with E-state index >= 15 is 0 Å². The third-order valence-corrected chi connectivity index (χ3v) is 2.33. The lowest BCUT2D eigenvalue weighted by atomic mass is 10.3. The number of nitrogens with zero attached hydrogens (tertiary/aromatic N) is 1. The summed E-state index contributed by atoms with van der Waals surface area (Å²) < 4.78 is 5.57. The molecule has 0 fully saturated rings.